The predicted molar refractivity (Wildman–Crippen MR) is 94.3 cm³/mol. The van der Waals surface area contributed by atoms with Crippen molar-refractivity contribution in [1.82, 2.24) is 15.2 Å². The van der Waals surface area contributed by atoms with Crippen molar-refractivity contribution in [2.24, 2.45) is 0 Å². The largest absolute Gasteiger partial charge is 0.480 e. The number of rotatable bonds is 7. The molecule has 2 amide bonds. The number of carbonyl (C=O) groups is 3. The highest BCUT2D eigenvalue weighted by atomic mass is 32.1. The number of halogens is 1. The van der Waals surface area contributed by atoms with Gasteiger partial charge >= 0.3 is 5.97 Å². The first kappa shape index (κ1) is 19.5. The normalized spacial score (nSPS) is 11.7. The van der Waals surface area contributed by atoms with E-state index in [1.807, 2.05) is 0 Å². The molecule has 0 saturated heterocycles. The van der Waals surface area contributed by atoms with Crippen LogP contribution in [0.15, 0.2) is 29.6 Å². The second-order valence-corrected chi connectivity index (χ2v) is 6.37. The van der Waals surface area contributed by atoms with E-state index in [0.29, 0.717) is 5.01 Å². The lowest BCUT2D eigenvalue weighted by molar-refractivity contribution is -0.141. The van der Waals surface area contributed by atoms with Crippen LogP contribution in [0.4, 0.5) is 4.39 Å². The molecule has 9 heteroatoms. The molecule has 1 unspecified atom stereocenters. The molecule has 138 valence electrons. The maximum Gasteiger partial charge on any atom is 0.326 e. The van der Waals surface area contributed by atoms with Gasteiger partial charge in [0.1, 0.15) is 22.6 Å². The summed E-state index contributed by atoms with van der Waals surface area (Å²) in [6.45, 7) is 2.83. The summed E-state index contributed by atoms with van der Waals surface area (Å²) in [5.41, 5.74) is 0.303. The van der Waals surface area contributed by atoms with Crippen LogP contribution in [0.25, 0.3) is 10.6 Å². The van der Waals surface area contributed by atoms with Gasteiger partial charge in [-0.1, -0.05) is 12.1 Å². The first-order chi connectivity index (χ1) is 12.3. The summed E-state index contributed by atoms with van der Waals surface area (Å²) in [5, 5.41) is 13.5. The summed E-state index contributed by atoms with van der Waals surface area (Å²) in [7, 11) is 0. The van der Waals surface area contributed by atoms with E-state index in [1.54, 1.807) is 18.2 Å². The number of hydrogen-bond donors (Lipinski definition) is 2. The molecule has 0 aliphatic rings. The molecule has 0 fully saturated rings. The van der Waals surface area contributed by atoms with Crippen molar-refractivity contribution in [3.63, 3.8) is 0 Å². The van der Waals surface area contributed by atoms with Gasteiger partial charge < -0.3 is 15.3 Å². The van der Waals surface area contributed by atoms with Crippen LogP contribution in [0.3, 0.4) is 0 Å². The van der Waals surface area contributed by atoms with Crippen molar-refractivity contribution in [3.05, 3.63) is 41.2 Å². The summed E-state index contributed by atoms with van der Waals surface area (Å²) in [5.74, 6) is -2.51. The number of carbonyl (C=O) groups excluding carboxylic acids is 2. The van der Waals surface area contributed by atoms with Gasteiger partial charge in [0.05, 0.1) is 0 Å². The Hall–Kier alpha value is -2.81. The van der Waals surface area contributed by atoms with Gasteiger partial charge in [0, 0.05) is 31.0 Å². The van der Waals surface area contributed by atoms with Crippen LogP contribution in [0.5, 0.6) is 0 Å². The minimum Gasteiger partial charge on any atom is -0.480 e. The summed E-state index contributed by atoms with van der Waals surface area (Å²) in [6.07, 6.45) is 0. The third-order valence-electron chi connectivity index (χ3n) is 3.64. The van der Waals surface area contributed by atoms with E-state index in [0.717, 1.165) is 16.2 Å². The monoisotopic (exact) mass is 379 g/mol. The number of benzene rings is 1. The van der Waals surface area contributed by atoms with Gasteiger partial charge in [0.15, 0.2) is 0 Å². The number of hydrogen-bond acceptors (Lipinski definition) is 5. The molecule has 0 aliphatic carbocycles. The third kappa shape index (κ3) is 4.63. The van der Waals surface area contributed by atoms with Crippen molar-refractivity contribution < 1.29 is 23.9 Å². The molecule has 0 aliphatic heterocycles. The van der Waals surface area contributed by atoms with Gasteiger partial charge in [-0.15, -0.1) is 11.3 Å². The highest BCUT2D eigenvalue weighted by molar-refractivity contribution is 7.13. The smallest absolute Gasteiger partial charge is 0.326 e. The summed E-state index contributed by atoms with van der Waals surface area (Å²) in [4.78, 5) is 40.2. The van der Waals surface area contributed by atoms with Crippen LogP contribution < -0.4 is 5.32 Å². The van der Waals surface area contributed by atoms with Crippen molar-refractivity contribution in [2.45, 2.75) is 19.9 Å². The Bertz CT molecular complexity index is 824. The van der Waals surface area contributed by atoms with Crippen LogP contribution in [0.1, 0.15) is 24.3 Å². The summed E-state index contributed by atoms with van der Waals surface area (Å²) < 4.78 is 13.9. The zero-order valence-electron chi connectivity index (χ0n) is 14.2. The highest BCUT2D eigenvalue weighted by Gasteiger charge is 2.28. The van der Waals surface area contributed by atoms with Crippen molar-refractivity contribution in [2.75, 3.05) is 13.1 Å². The second kappa shape index (κ2) is 8.52. The molecule has 2 rings (SSSR count). The van der Waals surface area contributed by atoms with E-state index in [9.17, 15) is 23.9 Å². The third-order valence-corrected chi connectivity index (χ3v) is 4.52. The Morgan fingerprint density at radius 1 is 1.35 bits per heavy atom. The van der Waals surface area contributed by atoms with Crippen molar-refractivity contribution in [3.8, 4) is 10.6 Å². The Morgan fingerprint density at radius 3 is 2.65 bits per heavy atom. The van der Waals surface area contributed by atoms with Crippen molar-refractivity contribution >= 4 is 29.1 Å². The molecule has 26 heavy (non-hydrogen) atoms. The fourth-order valence-electron chi connectivity index (χ4n) is 2.23. The van der Waals surface area contributed by atoms with Gasteiger partial charge in [0.25, 0.3) is 5.91 Å². The number of aliphatic carboxylic acids is 1. The number of amides is 2. The van der Waals surface area contributed by atoms with Crippen LogP contribution in [0.2, 0.25) is 0 Å². The Morgan fingerprint density at radius 2 is 2.04 bits per heavy atom. The molecule has 1 aromatic heterocycles. The molecular weight excluding hydrogens is 361 g/mol. The molecular formula is C17H18FN3O4S. The Balaban J connectivity index is 2.23. The maximum absolute atomic E-state index is 13.9. The highest BCUT2D eigenvalue weighted by Crippen LogP contribution is 2.26. The Labute approximate surface area is 153 Å². The quantitative estimate of drug-likeness (QED) is 0.767. The van der Waals surface area contributed by atoms with Crippen LogP contribution >= 0.6 is 11.3 Å². The van der Waals surface area contributed by atoms with Gasteiger partial charge in [-0.2, -0.15) is 0 Å². The topological polar surface area (TPSA) is 99.6 Å². The number of carboxylic acid groups (broad SMARTS) is 1. The molecule has 2 N–H and O–H groups in total. The molecule has 1 heterocycles. The lowest BCUT2D eigenvalue weighted by Gasteiger charge is -2.25. The van der Waals surface area contributed by atoms with Crippen molar-refractivity contribution in [1.29, 1.82) is 0 Å². The number of nitrogens with one attached hydrogen (secondary N) is 1. The minimum atomic E-state index is -1.18. The first-order valence-electron chi connectivity index (χ1n) is 7.80. The molecule has 1 aromatic carbocycles. The van der Waals surface area contributed by atoms with E-state index in [-0.39, 0.29) is 30.3 Å². The average Bonchev–Trinajstić information content (AvgIpc) is 3.07. The molecule has 0 spiro atoms. The number of nitrogens with zero attached hydrogens (tertiary/aromatic N) is 2. The number of carboxylic acids is 1. The fraction of sp³-hybridized carbons (Fsp3) is 0.294. The molecule has 0 bridgehead atoms. The van der Waals surface area contributed by atoms with Crippen LogP contribution in [-0.4, -0.2) is 51.9 Å². The molecule has 7 nitrogen and oxygen atoms in total. The van der Waals surface area contributed by atoms with E-state index < -0.39 is 23.7 Å². The fourth-order valence-corrected chi connectivity index (χ4v) is 3.05. The van der Waals surface area contributed by atoms with E-state index >= 15 is 0 Å². The first-order valence-corrected chi connectivity index (χ1v) is 8.68. The van der Waals surface area contributed by atoms with Gasteiger partial charge in [-0.05, 0) is 19.1 Å². The molecule has 0 radical (unpaired) electrons. The van der Waals surface area contributed by atoms with Gasteiger partial charge in [-0.3, -0.25) is 9.59 Å². The SMILES string of the molecule is CC(=O)NCCN(C(=O)c1csc(-c2ccccc2F)n1)C(C)C(=O)O. The average molecular weight is 379 g/mol. The predicted octanol–water partition coefficient (Wildman–Crippen LogP) is 2.00. The summed E-state index contributed by atoms with van der Waals surface area (Å²) in [6, 6.07) is 4.96. The minimum absolute atomic E-state index is 0.0123. The van der Waals surface area contributed by atoms with Crippen LogP contribution in [-0.2, 0) is 9.59 Å². The second-order valence-electron chi connectivity index (χ2n) is 5.51. The molecule has 2 aromatic rings. The maximum atomic E-state index is 13.9. The summed E-state index contributed by atoms with van der Waals surface area (Å²) >= 11 is 1.10. The van der Waals surface area contributed by atoms with E-state index in [4.69, 9.17) is 0 Å². The zero-order valence-corrected chi connectivity index (χ0v) is 15.0. The van der Waals surface area contributed by atoms with Gasteiger partial charge in [-0.25, -0.2) is 14.2 Å². The lowest BCUT2D eigenvalue weighted by Crippen LogP contribution is -2.46. The molecule has 1 atom stereocenters. The van der Waals surface area contributed by atoms with E-state index in [2.05, 4.69) is 10.3 Å². The lowest BCUT2D eigenvalue weighted by atomic mass is 10.2. The zero-order chi connectivity index (χ0) is 19.3. The van der Waals surface area contributed by atoms with E-state index in [1.165, 1.54) is 25.3 Å². The molecule has 0 saturated carbocycles. The van der Waals surface area contributed by atoms with Crippen LogP contribution in [0, 0.1) is 5.82 Å². The Kier molecular flexibility index (Phi) is 6.40. The standard InChI is InChI=1S/C17H18FN3O4S/c1-10(17(24)25)21(8-7-19-11(2)22)16(23)14-9-26-15(20-14)12-5-3-4-6-13(12)18/h3-6,9-10H,7-8H2,1-2H3,(H,19,22)(H,24,25). The van der Waals surface area contributed by atoms with Gasteiger partial charge in [0.2, 0.25) is 5.91 Å². The number of aromatic nitrogens is 1. The number of thiazole rings is 1.